The second-order valence-corrected chi connectivity index (χ2v) is 5.76. The molecule has 5 heteroatoms. The van der Waals surface area contributed by atoms with E-state index < -0.39 is 18.0 Å². The number of carbonyl (C=O) groups excluding carboxylic acids is 1. The van der Waals surface area contributed by atoms with Gasteiger partial charge in [0, 0.05) is 6.42 Å². The summed E-state index contributed by atoms with van der Waals surface area (Å²) >= 11 is 0. The molecule has 0 heterocycles. The van der Waals surface area contributed by atoms with Crippen molar-refractivity contribution in [1.82, 2.24) is 5.06 Å². The van der Waals surface area contributed by atoms with Crippen molar-refractivity contribution in [3.8, 4) is 11.8 Å². The number of unbranched alkanes of at least 4 members (excludes halogenated alkanes) is 2. The van der Waals surface area contributed by atoms with Crippen LogP contribution in [0.25, 0.3) is 0 Å². The van der Waals surface area contributed by atoms with Crippen LogP contribution in [0.15, 0.2) is 54.6 Å². The van der Waals surface area contributed by atoms with Crippen LogP contribution in [-0.4, -0.2) is 16.4 Å². The highest BCUT2D eigenvalue weighted by molar-refractivity contribution is 5.67. The molecule has 0 aliphatic rings. The van der Waals surface area contributed by atoms with Gasteiger partial charge in [-0.1, -0.05) is 61.7 Å². The van der Waals surface area contributed by atoms with Gasteiger partial charge in [-0.25, -0.2) is 9.18 Å². The fourth-order valence-electron chi connectivity index (χ4n) is 2.26. The maximum Gasteiger partial charge on any atom is 0.435 e. The van der Waals surface area contributed by atoms with E-state index in [1.807, 2.05) is 30.3 Å². The smallest absolute Gasteiger partial charge is 0.435 e. The van der Waals surface area contributed by atoms with Gasteiger partial charge in [0.25, 0.3) is 0 Å². The van der Waals surface area contributed by atoms with Crippen LogP contribution in [0.5, 0.6) is 0 Å². The Morgan fingerprint density at radius 1 is 1.19 bits per heavy atom. The summed E-state index contributed by atoms with van der Waals surface area (Å²) in [5.74, 6) is 5.43. The van der Waals surface area contributed by atoms with Gasteiger partial charge in [-0.3, -0.25) is 5.21 Å². The van der Waals surface area contributed by atoms with Crippen molar-refractivity contribution in [3.63, 3.8) is 0 Å². The number of hydrogen-bond donors (Lipinski definition) is 1. The van der Waals surface area contributed by atoms with Crippen LogP contribution in [0.4, 0.5) is 9.18 Å². The van der Waals surface area contributed by atoms with Gasteiger partial charge in [-0.05, 0) is 29.7 Å². The molecule has 0 fully saturated rings. The van der Waals surface area contributed by atoms with Gasteiger partial charge in [0.1, 0.15) is 18.5 Å². The van der Waals surface area contributed by atoms with Gasteiger partial charge >= 0.3 is 6.09 Å². The Hall–Kier alpha value is -2.84. The molecule has 26 heavy (non-hydrogen) atoms. The van der Waals surface area contributed by atoms with Crippen molar-refractivity contribution in [2.24, 2.45) is 0 Å². The van der Waals surface area contributed by atoms with Crippen LogP contribution < -0.4 is 0 Å². The van der Waals surface area contributed by atoms with Crippen LogP contribution >= 0.6 is 0 Å². The maximum absolute atomic E-state index is 13.2. The first-order valence-electron chi connectivity index (χ1n) is 8.54. The Labute approximate surface area is 153 Å². The lowest BCUT2D eigenvalue weighted by Crippen LogP contribution is -2.31. The molecule has 2 aromatic rings. The molecule has 1 N–H and O–H groups in total. The zero-order valence-electron chi connectivity index (χ0n) is 14.7. The Bertz CT molecular complexity index is 750. The largest absolute Gasteiger partial charge is 0.443 e. The van der Waals surface area contributed by atoms with Gasteiger partial charge in [0.05, 0.1) is 0 Å². The normalized spacial score (nSPS) is 11.2. The fraction of sp³-hybridized carbons (Fsp3) is 0.286. The minimum absolute atomic E-state index is 0.0378. The maximum atomic E-state index is 13.2. The number of hydrogen-bond acceptors (Lipinski definition) is 3. The summed E-state index contributed by atoms with van der Waals surface area (Å²) in [5.41, 5.74) is 1.32. The third-order valence-electron chi connectivity index (χ3n) is 3.72. The Balaban J connectivity index is 2.10. The van der Waals surface area contributed by atoms with E-state index in [9.17, 15) is 14.4 Å². The molecule has 0 aromatic heterocycles. The molecular formula is C21H22FNO3. The SMILES string of the molecule is CCCCC#CC(c1ccc(F)cc1)N(O)C(=O)OCc1ccccc1. The molecule has 0 bridgehead atoms. The zero-order chi connectivity index (χ0) is 18.8. The van der Waals surface area contributed by atoms with E-state index in [2.05, 4.69) is 18.8 Å². The van der Waals surface area contributed by atoms with E-state index >= 15 is 0 Å². The van der Waals surface area contributed by atoms with E-state index in [0.29, 0.717) is 17.0 Å². The number of nitrogens with zero attached hydrogens (tertiary/aromatic N) is 1. The summed E-state index contributed by atoms with van der Waals surface area (Å²) < 4.78 is 18.3. The number of rotatable bonds is 6. The molecule has 0 spiro atoms. The van der Waals surface area contributed by atoms with Crippen molar-refractivity contribution in [1.29, 1.82) is 0 Å². The van der Waals surface area contributed by atoms with Crippen molar-refractivity contribution in [2.75, 3.05) is 0 Å². The van der Waals surface area contributed by atoms with Crippen molar-refractivity contribution in [2.45, 2.75) is 38.8 Å². The monoisotopic (exact) mass is 355 g/mol. The van der Waals surface area contributed by atoms with Gasteiger partial charge in [-0.15, -0.1) is 5.92 Å². The molecular weight excluding hydrogens is 333 g/mol. The molecule has 1 amide bonds. The van der Waals surface area contributed by atoms with Crippen molar-refractivity contribution in [3.05, 3.63) is 71.5 Å². The first-order valence-corrected chi connectivity index (χ1v) is 8.54. The number of benzene rings is 2. The first-order chi connectivity index (χ1) is 12.6. The molecule has 0 aliphatic carbocycles. The number of amides is 1. The van der Waals surface area contributed by atoms with Crippen molar-refractivity contribution < 1.29 is 19.1 Å². The topological polar surface area (TPSA) is 49.8 Å². The highest BCUT2D eigenvalue weighted by Crippen LogP contribution is 2.20. The van der Waals surface area contributed by atoms with Crippen LogP contribution in [-0.2, 0) is 11.3 Å². The minimum Gasteiger partial charge on any atom is -0.443 e. The predicted molar refractivity (Wildman–Crippen MR) is 96.7 cm³/mol. The predicted octanol–water partition coefficient (Wildman–Crippen LogP) is 5.09. The summed E-state index contributed by atoms with van der Waals surface area (Å²) in [7, 11) is 0. The summed E-state index contributed by atoms with van der Waals surface area (Å²) in [6.07, 6.45) is 1.67. The van der Waals surface area contributed by atoms with Gasteiger partial charge in [0.2, 0.25) is 0 Å². The summed E-state index contributed by atoms with van der Waals surface area (Å²) in [6.45, 7) is 2.09. The standard InChI is InChI=1S/C21H22FNO3/c1-2-3-4-8-11-20(18-12-14-19(22)15-13-18)23(25)21(24)26-16-17-9-6-5-7-10-17/h5-7,9-10,12-15,20,25H,2-4,16H2,1H3. The Kier molecular flexibility index (Phi) is 7.66. The Morgan fingerprint density at radius 2 is 1.88 bits per heavy atom. The highest BCUT2D eigenvalue weighted by atomic mass is 19.1. The average molecular weight is 355 g/mol. The molecule has 1 unspecified atom stereocenters. The lowest BCUT2D eigenvalue weighted by molar-refractivity contribution is -0.0935. The molecule has 0 aliphatic heterocycles. The lowest BCUT2D eigenvalue weighted by atomic mass is 10.1. The summed E-state index contributed by atoms with van der Waals surface area (Å²) in [5, 5.41) is 10.8. The number of carbonyl (C=O) groups is 1. The van der Waals surface area contributed by atoms with E-state index in [4.69, 9.17) is 4.74 Å². The average Bonchev–Trinajstić information content (AvgIpc) is 2.67. The van der Waals surface area contributed by atoms with Crippen LogP contribution in [0, 0.1) is 17.7 Å². The second kappa shape index (κ2) is 10.2. The molecule has 0 saturated carbocycles. The van der Waals surface area contributed by atoms with Gasteiger partial charge in [0.15, 0.2) is 0 Å². The number of halogens is 1. The Morgan fingerprint density at radius 3 is 2.54 bits per heavy atom. The highest BCUT2D eigenvalue weighted by Gasteiger charge is 2.23. The molecule has 1 atom stereocenters. The first kappa shape index (κ1) is 19.5. The van der Waals surface area contributed by atoms with Gasteiger partial charge < -0.3 is 4.74 Å². The minimum atomic E-state index is -0.921. The van der Waals surface area contributed by atoms with Gasteiger partial charge in [-0.2, -0.15) is 5.06 Å². The van der Waals surface area contributed by atoms with E-state index in [1.54, 1.807) is 0 Å². The molecule has 0 saturated heterocycles. The van der Waals surface area contributed by atoms with Crippen LogP contribution in [0.2, 0.25) is 0 Å². The molecule has 2 aromatic carbocycles. The van der Waals surface area contributed by atoms with Crippen LogP contribution in [0.3, 0.4) is 0 Å². The van der Waals surface area contributed by atoms with E-state index in [0.717, 1.165) is 18.4 Å². The molecule has 4 nitrogen and oxygen atoms in total. The van der Waals surface area contributed by atoms with Crippen LogP contribution in [0.1, 0.15) is 43.4 Å². The molecule has 0 radical (unpaired) electrons. The molecule has 2 rings (SSSR count). The summed E-state index contributed by atoms with van der Waals surface area (Å²) in [6, 6.07) is 13.7. The molecule has 136 valence electrons. The number of ether oxygens (including phenoxy) is 1. The third kappa shape index (κ3) is 5.91. The van der Waals surface area contributed by atoms with Crippen molar-refractivity contribution >= 4 is 6.09 Å². The second-order valence-electron chi connectivity index (χ2n) is 5.76. The third-order valence-corrected chi connectivity index (χ3v) is 3.72. The zero-order valence-corrected chi connectivity index (χ0v) is 14.7. The quantitative estimate of drug-likeness (QED) is 0.340. The number of hydroxylamine groups is 2. The summed E-state index contributed by atoms with van der Waals surface area (Å²) in [4.78, 5) is 12.2. The lowest BCUT2D eigenvalue weighted by Gasteiger charge is -2.21. The van der Waals surface area contributed by atoms with E-state index in [1.165, 1.54) is 24.3 Å². The fourth-order valence-corrected chi connectivity index (χ4v) is 2.26. The van der Waals surface area contributed by atoms with E-state index in [-0.39, 0.29) is 6.61 Å².